The number of aromatic nitrogens is 3. The molecule has 19 heavy (non-hydrogen) atoms. The van der Waals surface area contributed by atoms with Gasteiger partial charge in [-0.3, -0.25) is 4.79 Å². The Balaban J connectivity index is 2.26. The minimum absolute atomic E-state index is 0.103. The number of aliphatic hydroxyl groups is 1. The Bertz CT molecular complexity index is 551. The second-order valence-electron chi connectivity index (χ2n) is 4.13. The first-order valence-electron chi connectivity index (χ1n) is 6.01. The highest BCUT2D eigenvalue weighted by Gasteiger charge is 2.14. The Kier molecular flexibility index (Phi) is 4.25. The van der Waals surface area contributed by atoms with Crippen molar-refractivity contribution in [2.75, 3.05) is 7.05 Å². The Hall–Kier alpha value is -2.21. The summed E-state index contributed by atoms with van der Waals surface area (Å²) < 4.78 is 1.53. The molecular weight excluding hydrogens is 244 g/mol. The van der Waals surface area contributed by atoms with Crippen LogP contribution in [0.15, 0.2) is 30.3 Å². The van der Waals surface area contributed by atoms with E-state index in [0.29, 0.717) is 12.1 Å². The number of amides is 1. The zero-order valence-corrected chi connectivity index (χ0v) is 10.7. The zero-order chi connectivity index (χ0) is 13.7. The fraction of sp³-hybridized carbons (Fsp3) is 0.308. The lowest BCUT2D eigenvalue weighted by atomic mass is 10.1. The van der Waals surface area contributed by atoms with Gasteiger partial charge in [0.25, 0.3) is 0 Å². The Morgan fingerprint density at radius 1 is 1.37 bits per heavy atom. The van der Waals surface area contributed by atoms with Crippen molar-refractivity contribution in [1.29, 1.82) is 0 Å². The van der Waals surface area contributed by atoms with Crippen molar-refractivity contribution >= 4 is 5.91 Å². The molecule has 2 N–H and O–H groups in total. The molecule has 6 heteroatoms. The highest BCUT2D eigenvalue weighted by atomic mass is 16.3. The van der Waals surface area contributed by atoms with E-state index in [9.17, 15) is 9.90 Å². The monoisotopic (exact) mass is 260 g/mol. The summed E-state index contributed by atoms with van der Waals surface area (Å²) in [6.07, 6.45) is 0.584. The molecule has 2 rings (SSSR count). The van der Waals surface area contributed by atoms with Crippen molar-refractivity contribution < 1.29 is 9.90 Å². The molecule has 0 aliphatic carbocycles. The maximum atomic E-state index is 11.4. The van der Waals surface area contributed by atoms with E-state index in [1.807, 2.05) is 30.3 Å². The first kappa shape index (κ1) is 13.2. The van der Waals surface area contributed by atoms with Crippen LogP contribution in [0, 0.1) is 0 Å². The zero-order valence-electron chi connectivity index (χ0n) is 10.7. The predicted octanol–water partition coefficient (Wildman–Crippen LogP) is 0.107. The third kappa shape index (κ3) is 3.17. The molecule has 1 aromatic carbocycles. The number of nitrogens with one attached hydrogen (secondary N) is 1. The van der Waals surface area contributed by atoms with Gasteiger partial charge in [0.05, 0.1) is 12.3 Å². The Labute approximate surface area is 111 Å². The molecule has 0 saturated carbocycles. The molecule has 2 aromatic rings. The standard InChI is InChI=1S/C13H16N4O2/c1-14-13(19)8-17-12(11(9-18)15-16-17)7-10-5-3-2-4-6-10/h2-6,18H,7-9H2,1H3,(H,14,19). The molecule has 0 aliphatic heterocycles. The van der Waals surface area contributed by atoms with Crippen LogP contribution in [0.1, 0.15) is 17.0 Å². The smallest absolute Gasteiger partial charge is 0.241 e. The number of carbonyl (C=O) groups is 1. The molecule has 100 valence electrons. The fourth-order valence-corrected chi connectivity index (χ4v) is 1.82. The van der Waals surface area contributed by atoms with Crippen molar-refractivity contribution in [3.05, 3.63) is 47.3 Å². The van der Waals surface area contributed by atoms with Crippen LogP contribution >= 0.6 is 0 Å². The summed E-state index contributed by atoms with van der Waals surface area (Å²) in [6, 6.07) is 9.80. The van der Waals surface area contributed by atoms with Gasteiger partial charge < -0.3 is 10.4 Å². The average Bonchev–Trinajstić information content (AvgIpc) is 2.82. The lowest BCUT2D eigenvalue weighted by Crippen LogP contribution is -2.25. The second kappa shape index (κ2) is 6.10. The van der Waals surface area contributed by atoms with Gasteiger partial charge in [-0.2, -0.15) is 0 Å². The van der Waals surface area contributed by atoms with Crippen molar-refractivity contribution in [2.45, 2.75) is 19.6 Å². The third-order valence-electron chi connectivity index (χ3n) is 2.85. The average molecular weight is 260 g/mol. The molecule has 0 bridgehead atoms. The molecule has 0 radical (unpaired) electrons. The molecule has 1 amide bonds. The third-order valence-corrected chi connectivity index (χ3v) is 2.85. The summed E-state index contributed by atoms with van der Waals surface area (Å²) >= 11 is 0. The largest absolute Gasteiger partial charge is 0.390 e. The Morgan fingerprint density at radius 2 is 2.11 bits per heavy atom. The van der Waals surface area contributed by atoms with Crippen LogP contribution < -0.4 is 5.32 Å². The second-order valence-corrected chi connectivity index (χ2v) is 4.13. The van der Waals surface area contributed by atoms with Gasteiger partial charge in [-0.15, -0.1) is 5.10 Å². The van der Waals surface area contributed by atoms with Gasteiger partial charge in [0, 0.05) is 13.5 Å². The first-order valence-corrected chi connectivity index (χ1v) is 6.01. The minimum atomic E-state index is -0.185. The van der Waals surface area contributed by atoms with Crippen LogP contribution in [0.2, 0.25) is 0 Å². The summed E-state index contributed by atoms with van der Waals surface area (Å²) in [5.74, 6) is -0.149. The van der Waals surface area contributed by atoms with Gasteiger partial charge in [0.15, 0.2) is 0 Å². The van der Waals surface area contributed by atoms with Gasteiger partial charge in [0.2, 0.25) is 5.91 Å². The topological polar surface area (TPSA) is 80.0 Å². The molecule has 0 fully saturated rings. The van der Waals surface area contributed by atoms with E-state index >= 15 is 0 Å². The minimum Gasteiger partial charge on any atom is -0.390 e. The van der Waals surface area contributed by atoms with Crippen LogP contribution in [-0.2, 0) is 24.4 Å². The van der Waals surface area contributed by atoms with E-state index in [0.717, 1.165) is 11.3 Å². The van der Waals surface area contributed by atoms with Gasteiger partial charge in [-0.05, 0) is 5.56 Å². The summed E-state index contributed by atoms with van der Waals surface area (Å²) in [7, 11) is 1.57. The van der Waals surface area contributed by atoms with Crippen molar-refractivity contribution in [3.63, 3.8) is 0 Å². The first-order chi connectivity index (χ1) is 9.24. The summed E-state index contributed by atoms with van der Waals surface area (Å²) in [5, 5.41) is 19.6. The number of hydrogen-bond donors (Lipinski definition) is 2. The van der Waals surface area contributed by atoms with Crippen LogP contribution in [0.3, 0.4) is 0 Å². The highest BCUT2D eigenvalue weighted by Crippen LogP contribution is 2.12. The quantitative estimate of drug-likeness (QED) is 0.799. The number of hydrogen-bond acceptors (Lipinski definition) is 4. The molecule has 1 heterocycles. The Morgan fingerprint density at radius 3 is 2.74 bits per heavy atom. The van der Waals surface area contributed by atoms with Crippen molar-refractivity contribution in [2.24, 2.45) is 0 Å². The van der Waals surface area contributed by atoms with Gasteiger partial charge in [0.1, 0.15) is 12.2 Å². The van der Waals surface area contributed by atoms with Gasteiger partial charge in [-0.1, -0.05) is 35.5 Å². The fourth-order valence-electron chi connectivity index (χ4n) is 1.82. The number of rotatable bonds is 5. The van der Waals surface area contributed by atoms with Crippen molar-refractivity contribution in [1.82, 2.24) is 20.3 Å². The van der Waals surface area contributed by atoms with Crippen LogP contribution in [0.25, 0.3) is 0 Å². The number of carbonyl (C=O) groups excluding carboxylic acids is 1. The maximum Gasteiger partial charge on any atom is 0.241 e. The van der Waals surface area contributed by atoms with E-state index in [1.165, 1.54) is 4.68 Å². The van der Waals surface area contributed by atoms with E-state index < -0.39 is 0 Å². The molecule has 1 aromatic heterocycles. The van der Waals surface area contributed by atoms with Crippen molar-refractivity contribution in [3.8, 4) is 0 Å². The molecule has 6 nitrogen and oxygen atoms in total. The predicted molar refractivity (Wildman–Crippen MR) is 69.3 cm³/mol. The van der Waals surface area contributed by atoms with E-state index in [1.54, 1.807) is 7.05 Å². The normalized spacial score (nSPS) is 10.4. The summed E-state index contributed by atoms with van der Waals surface area (Å²) in [6.45, 7) is -0.0818. The molecule has 0 unspecified atom stereocenters. The molecule has 0 aliphatic rings. The summed E-state index contributed by atoms with van der Waals surface area (Å²) in [4.78, 5) is 11.4. The molecular formula is C13H16N4O2. The number of aliphatic hydroxyl groups excluding tert-OH is 1. The molecule has 0 saturated heterocycles. The maximum absolute atomic E-state index is 11.4. The lowest BCUT2D eigenvalue weighted by Gasteiger charge is -2.07. The number of likely N-dealkylation sites (N-methyl/N-ethyl adjacent to an activating group) is 1. The van der Waals surface area contributed by atoms with Crippen LogP contribution in [0.4, 0.5) is 0 Å². The number of nitrogens with zero attached hydrogens (tertiary/aromatic N) is 3. The number of benzene rings is 1. The van der Waals surface area contributed by atoms with Crippen LogP contribution in [0.5, 0.6) is 0 Å². The molecule has 0 atom stereocenters. The SMILES string of the molecule is CNC(=O)Cn1nnc(CO)c1Cc1ccccc1. The van der Waals surface area contributed by atoms with Crippen LogP contribution in [-0.4, -0.2) is 33.1 Å². The van der Waals surface area contributed by atoms with E-state index in [-0.39, 0.29) is 19.1 Å². The lowest BCUT2D eigenvalue weighted by molar-refractivity contribution is -0.121. The van der Waals surface area contributed by atoms with E-state index in [4.69, 9.17) is 0 Å². The summed E-state index contributed by atoms with van der Waals surface area (Å²) in [5.41, 5.74) is 2.35. The van der Waals surface area contributed by atoms with E-state index in [2.05, 4.69) is 15.6 Å². The van der Waals surface area contributed by atoms with Gasteiger partial charge >= 0.3 is 0 Å². The van der Waals surface area contributed by atoms with Gasteiger partial charge in [-0.25, -0.2) is 4.68 Å². The highest BCUT2D eigenvalue weighted by molar-refractivity contribution is 5.75. The molecule has 0 spiro atoms.